The first-order valence-corrected chi connectivity index (χ1v) is 9.57. The largest absolute Gasteiger partial charge is 0.467 e. The summed E-state index contributed by atoms with van der Waals surface area (Å²) in [5, 5.41) is 5.14. The van der Waals surface area contributed by atoms with E-state index in [4.69, 9.17) is 4.74 Å². The summed E-state index contributed by atoms with van der Waals surface area (Å²) in [7, 11) is 1.28. The molecule has 0 bridgehead atoms. The Balaban J connectivity index is 1.80. The molecule has 0 heterocycles. The van der Waals surface area contributed by atoms with Crippen LogP contribution in [-0.2, 0) is 20.1 Å². The van der Waals surface area contributed by atoms with Crippen molar-refractivity contribution in [3.05, 3.63) is 71.8 Å². The van der Waals surface area contributed by atoms with Gasteiger partial charge < -0.3 is 15.4 Å². The number of ether oxygens (including phenoxy) is 1. The second-order valence-corrected chi connectivity index (χ2v) is 6.72. The van der Waals surface area contributed by atoms with Crippen molar-refractivity contribution in [2.45, 2.75) is 11.8 Å². The number of rotatable bonds is 9. The molecular weight excluding hydrogens is 364 g/mol. The minimum Gasteiger partial charge on any atom is -0.467 e. The van der Waals surface area contributed by atoms with E-state index in [9.17, 15) is 14.4 Å². The molecule has 0 fully saturated rings. The van der Waals surface area contributed by atoms with Gasteiger partial charge in [-0.15, -0.1) is 0 Å². The van der Waals surface area contributed by atoms with Crippen molar-refractivity contribution < 1.29 is 19.1 Å². The summed E-state index contributed by atoms with van der Waals surface area (Å²) in [6, 6.07) is 17.7. The predicted octanol–water partition coefficient (Wildman–Crippen LogP) is 2.01. The second kappa shape index (κ2) is 11.0. The average Bonchev–Trinajstić information content (AvgIpc) is 2.72. The summed E-state index contributed by atoms with van der Waals surface area (Å²) in [6.45, 7) is -0.218. The van der Waals surface area contributed by atoms with Gasteiger partial charge in [-0.05, 0) is 17.7 Å². The molecule has 27 heavy (non-hydrogen) atoms. The topological polar surface area (TPSA) is 84.5 Å². The van der Waals surface area contributed by atoms with Crippen molar-refractivity contribution in [3.8, 4) is 0 Å². The van der Waals surface area contributed by atoms with E-state index in [1.54, 1.807) is 30.3 Å². The van der Waals surface area contributed by atoms with E-state index in [0.717, 1.165) is 11.3 Å². The fourth-order valence-electron chi connectivity index (χ4n) is 2.28. The molecule has 0 aliphatic carbocycles. The van der Waals surface area contributed by atoms with Gasteiger partial charge >= 0.3 is 5.97 Å². The highest BCUT2D eigenvalue weighted by atomic mass is 32.2. The van der Waals surface area contributed by atoms with Crippen LogP contribution in [0.15, 0.2) is 60.7 Å². The van der Waals surface area contributed by atoms with E-state index in [1.165, 1.54) is 18.9 Å². The predicted molar refractivity (Wildman–Crippen MR) is 105 cm³/mol. The van der Waals surface area contributed by atoms with E-state index in [-0.39, 0.29) is 12.5 Å². The van der Waals surface area contributed by atoms with Gasteiger partial charge in [0.15, 0.2) is 0 Å². The molecule has 0 aliphatic heterocycles. The van der Waals surface area contributed by atoms with Crippen LogP contribution in [0.2, 0.25) is 0 Å². The molecule has 6 nitrogen and oxygen atoms in total. The molecule has 0 aromatic heterocycles. The van der Waals surface area contributed by atoms with Gasteiger partial charge in [0.25, 0.3) is 5.91 Å². The minimum atomic E-state index is -0.773. The molecule has 2 rings (SSSR count). The zero-order valence-electron chi connectivity index (χ0n) is 15.0. The highest BCUT2D eigenvalue weighted by Gasteiger charge is 2.21. The molecular formula is C20H22N2O4S. The number of carbonyl (C=O) groups excluding carboxylic acids is 3. The van der Waals surface area contributed by atoms with Gasteiger partial charge in [0.05, 0.1) is 13.7 Å². The lowest BCUT2D eigenvalue weighted by molar-refractivity contribution is -0.144. The molecule has 0 unspecified atom stereocenters. The first kappa shape index (κ1) is 20.5. The van der Waals surface area contributed by atoms with Gasteiger partial charge in [0.2, 0.25) is 5.91 Å². The summed E-state index contributed by atoms with van der Waals surface area (Å²) in [6.07, 6.45) is 0. The van der Waals surface area contributed by atoms with Crippen LogP contribution in [0.3, 0.4) is 0 Å². The molecule has 0 spiro atoms. The lowest BCUT2D eigenvalue weighted by Gasteiger charge is -2.16. The molecule has 0 radical (unpaired) electrons. The Labute approximate surface area is 162 Å². The van der Waals surface area contributed by atoms with E-state index >= 15 is 0 Å². The lowest BCUT2D eigenvalue weighted by Crippen LogP contribution is -2.47. The number of thioether (sulfide) groups is 1. The van der Waals surface area contributed by atoms with E-state index in [2.05, 4.69) is 10.6 Å². The van der Waals surface area contributed by atoms with Crippen molar-refractivity contribution in [1.82, 2.24) is 10.6 Å². The summed E-state index contributed by atoms with van der Waals surface area (Å²) in [5.41, 5.74) is 1.60. The maximum absolute atomic E-state index is 12.1. The summed E-state index contributed by atoms with van der Waals surface area (Å²) in [4.78, 5) is 36.0. The molecule has 142 valence electrons. The van der Waals surface area contributed by atoms with E-state index in [0.29, 0.717) is 11.3 Å². The second-order valence-electron chi connectivity index (χ2n) is 5.69. The summed E-state index contributed by atoms with van der Waals surface area (Å²) in [5.74, 6) is -0.221. The Morgan fingerprint density at radius 1 is 1.00 bits per heavy atom. The van der Waals surface area contributed by atoms with Crippen LogP contribution >= 0.6 is 11.8 Å². The number of benzene rings is 2. The molecule has 1 atom stereocenters. The minimum absolute atomic E-state index is 0.218. The number of carbonyl (C=O) groups is 3. The standard InChI is InChI=1S/C20H22N2O4S/c1-26-20(25)17(14-27-13-15-8-4-2-5-9-15)22-18(23)12-21-19(24)16-10-6-3-7-11-16/h2-11,17H,12-14H2,1H3,(H,21,24)(H,22,23)/t17-/m0/s1. The monoisotopic (exact) mass is 386 g/mol. The van der Waals surface area contributed by atoms with Crippen LogP contribution in [0, 0.1) is 0 Å². The highest BCUT2D eigenvalue weighted by Crippen LogP contribution is 2.13. The van der Waals surface area contributed by atoms with Crippen LogP contribution in [-0.4, -0.2) is 43.2 Å². The number of esters is 1. The molecule has 7 heteroatoms. The van der Waals surface area contributed by atoms with Gasteiger partial charge in [-0.2, -0.15) is 11.8 Å². The molecule has 0 saturated carbocycles. The maximum Gasteiger partial charge on any atom is 0.329 e. The zero-order valence-corrected chi connectivity index (χ0v) is 15.8. The fourth-order valence-corrected chi connectivity index (χ4v) is 3.28. The smallest absolute Gasteiger partial charge is 0.329 e. The van der Waals surface area contributed by atoms with Crippen LogP contribution < -0.4 is 10.6 Å². The third-order valence-corrected chi connectivity index (χ3v) is 4.77. The number of hydrogen-bond donors (Lipinski definition) is 2. The Bertz CT molecular complexity index is 753. The van der Waals surface area contributed by atoms with Crippen LogP contribution in [0.25, 0.3) is 0 Å². The first-order valence-electron chi connectivity index (χ1n) is 8.42. The molecule has 0 saturated heterocycles. The Hall–Kier alpha value is -2.80. The van der Waals surface area contributed by atoms with Crippen molar-refractivity contribution in [2.75, 3.05) is 19.4 Å². The molecule has 2 aromatic rings. The number of methoxy groups -OCH3 is 1. The van der Waals surface area contributed by atoms with Crippen LogP contribution in [0.5, 0.6) is 0 Å². The number of hydrogen-bond acceptors (Lipinski definition) is 5. The van der Waals surface area contributed by atoms with Gasteiger partial charge in [0.1, 0.15) is 6.04 Å². The van der Waals surface area contributed by atoms with Crippen molar-refractivity contribution in [2.24, 2.45) is 0 Å². The van der Waals surface area contributed by atoms with Crippen molar-refractivity contribution in [1.29, 1.82) is 0 Å². The molecule has 2 amide bonds. The van der Waals surface area contributed by atoms with E-state index < -0.39 is 17.9 Å². The Kier molecular flexibility index (Phi) is 8.38. The first-order chi connectivity index (χ1) is 13.1. The van der Waals surface area contributed by atoms with Crippen molar-refractivity contribution >= 4 is 29.5 Å². The molecule has 2 N–H and O–H groups in total. The third-order valence-electron chi connectivity index (χ3n) is 3.66. The maximum atomic E-state index is 12.1. The quantitative estimate of drug-likeness (QED) is 0.644. The van der Waals surface area contributed by atoms with Gasteiger partial charge in [-0.3, -0.25) is 9.59 Å². The Morgan fingerprint density at radius 2 is 1.63 bits per heavy atom. The zero-order chi connectivity index (χ0) is 19.5. The van der Waals surface area contributed by atoms with Crippen LogP contribution in [0.1, 0.15) is 15.9 Å². The van der Waals surface area contributed by atoms with Gasteiger partial charge in [0, 0.05) is 17.1 Å². The highest BCUT2D eigenvalue weighted by molar-refractivity contribution is 7.98. The van der Waals surface area contributed by atoms with Crippen molar-refractivity contribution in [3.63, 3.8) is 0 Å². The molecule has 2 aromatic carbocycles. The van der Waals surface area contributed by atoms with Gasteiger partial charge in [-0.25, -0.2) is 4.79 Å². The fraction of sp³-hybridized carbons (Fsp3) is 0.250. The number of nitrogens with one attached hydrogen (secondary N) is 2. The third kappa shape index (κ3) is 7.15. The van der Waals surface area contributed by atoms with Crippen LogP contribution in [0.4, 0.5) is 0 Å². The average molecular weight is 386 g/mol. The summed E-state index contributed by atoms with van der Waals surface area (Å²) < 4.78 is 4.76. The number of amides is 2. The SMILES string of the molecule is COC(=O)[C@H](CSCc1ccccc1)NC(=O)CNC(=O)c1ccccc1. The van der Waals surface area contributed by atoms with E-state index in [1.807, 2.05) is 30.3 Å². The lowest BCUT2D eigenvalue weighted by atomic mass is 10.2. The summed E-state index contributed by atoms with van der Waals surface area (Å²) >= 11 is 1.52. The Morgan fingerprint density at radius 3 is 2.26 bits per heavy atom. The molecule has 0 aliphatic rings. The normalized spacial score (nSPS) is 11.3. The van der Waals surface area contributed by atoms with Gasteiger partial charge in [-0.1, -0.05) is 48.5 Å².